The van der Waals surface area contributed by atoms with Crippen LogP contribution in [0.5, 0.6) is 5.75 Å². The summed E-state index contributed by atoms with van der Waals surface area (Å²) < 4.78 is 10.6. The molecule has 1 fully saturated rings. The molecular weight excluding hydrogens is 436 g/mol. The number of Topliss-reactive ketones (excluding diaryl/α,β-unsaturated/α-hetero) is 1. The molecule has 0 bridgehead atoms. The first kappa shape index (κ1) is 23.5. The van der Waals surface area contributed by atoms with Gasteiger partial charge in [0.1, 0.15) is 11.5 Å². The van der Waals surface area contributed by atoms with Gasteiger partial charge in [0.15, 0.2) is 5.54 Å². The van der Waals surface area contributed by atoms with Gasteiger partial charge in [0, 0.05) is 31.3 Å². The number of hydrogen-bond donors (Lipinski definition) is 1. The van der Waals surface area contributed by atoms with Crippen molar-refractivity contribution in [1.82, 2.24) is 4.90 Å². The Morgan fingerprint density at radius 3 is 2.35 bits per heavy atom. The lowest BCUT2D eigenvalue weighted by atomic mass is 9.82. The number of fused-ring (bicyclic) bond motifs is 2. The molecule has 8 heteroatoms. The van der Waals surface area contributed by atoms with E-state index < -0.39 is 28.9 Å². The van der Waals surface area contributed by atoms with Gasteiger partial charge in [-0.25, -0.2) is 0 Å². The van der Waals surface area contributed by atoms with Crippen molar-refractivity contribution in [3.05, 3.63) is 65.2 Å². The van der Waals surface area contributed by atoms with Gasteiger partial charge in [-0.15, -0.1) is 0 Å². The number of benzene rings is 2. The maximum absolute atomic E-state index is 14.1. The highest BCUT2D eigenvalue weighted by Gasteiger charge is 2.66. The van der Waals surface area contributed by atoms with Crippen molar-refractivity contribution in [3.63, 3.8) is 0 Å². The Bertz CT molecular complexity index is 1160. The molecule has 34 heavy (non-hydrogen) atoms. The number of para-hydroxylation sites is 1. The first-order valence-electron chi connectivity index (χ1n) is 11.4. The maximum atomic E-state index is 14.1. The number of ketones is 1. The molecule has 1 unspecified atom stereocenters. The maximum Gasteiger partial charge on any atom is 0.296 e. The number of rotatable bonds is 8. The Morgan fingerprint density at radius 2 is 1.71 bits per heavy atom. The Morgan fingerprint density at radius 1 is 1.00 bits per heavy atom. The van der Waals surface area contributed by atoms with Crippen molar-refractivity contribution in [2.75, 3.05) is 38.3 Å². The molecule has 178 valence electrons. The fraction of sp³-hybridized carbons (Fsp3) is 0.346. The summed E-state index contributed by atoms with van der Waals surface area (Å²) in [5, 5.41) is 11.4. The summed E-state index contributed by atoms with van der Waals surface area (Å²) >= 11 is 0. The van der Waals surface area contributed by atoms with Gasteiger partial charge in [0.2, 0.25) is 0 Å². The van der Waals surface area contributed by atoms with Crippen LogP contribution in [0.1, 0.15) is 31.4 Å². The molecule has 1 saturated heterocycles. The van der Waals surface area contributed by atoms with E-state index in [0.29, 0.717) is 42.1 Å². The normalized spacial score (nSPS) is 21.0. The molecule has 0 saturated carbocycles. The van der Waals surface area contributed by atoms with Crippen LogP contribution in [0.4, 0.5) is 5.69 Å². The van der Waals surface area contributed by atoms with Gasteiger partial charge in [0.25, 0.3) is 17.6 Å². The lowest BCUT2D eigenvalue weighted by molar-refractivity contribution is -0.144. The van der Waals surface area contributed by atoms with Crippen LogP contribution in [0.3, 0.4) is 0 Å². The third-order valence-corrected chi connectivity index (χ3v) is 6.21. The Hall–Kier alpha value is -3.65. The van der Waals surface area contributed by atoms with Crippen LogP contribution >= 0.6 is 0 Å². The number of aliphatic hydroxyl groups is 1. The predicted octanol–water partition coefficient (Wildman–Crippen LogP) is 3.06. The fourth-order valence-electron chi connectivity index (χ4n) is 4.81. The number of carbonyl (C=O) groups excluding carboxylic acids is 3. The van der Waals surface area contributed by atoms with Gasteiger partial charge in [-0.1, -0.05) is 25.1 Å². The quantitative estimate of drug-likeness (QED) is 0.366. The van der Waals surface area contributed by atoms with Crippen molar-refractivity contribution >= 4 is 29.0 Å². The standard InChI is InChI=1S/C26H28N2O6/c1-4-14-27-20-9-7-6-8-19(20)26(25(27)32)21(23(30)24(31)28(26)15-16-33-3)22(29)17-10-12-18(13-11-17)34-5-2/h6-13,29H,4-5,14-16H2,1-3H3/b22-21-. The molecule has 2 aliphatic heterocycles. The van der Waals surface area contributed by atoms with Crippen molar-refractivity contribution in [2.24, 2.45) is 0 Å². The zero-order valence-corrected chi connectivity index (χ0v) is 19.5. The van der Waals surface area contributed by atoms with E-state index in [1.54, 1.807) is 47.4 Å². The Kier molecular flexibility index (Phi) is 6.43. The summed E-state index contributed by atoms with van der Waals surface area (Å²) in [6, 6.07) is 13.6. The van der Waals surface area contributed by atoms with Crippen molar-refractivity contribution < 1.29 is 29.0 Å². The van der Waals surface area contributed by atoms with Gasteiger partial charge in [-0.3, -0.25) is 14.4 Å². The minimum atomic E-state index is -1.76. The molecule has 0 radical (unpaired) electrons. The fourth-order valence-corrected chi connectivity index (χ4v) is 4.81. The van der Waals surface area contributed by atoms with Gasteiger partial charge in [-0.2, -0.15) is 0 Å². The van der Waals surface area contributed by atoms with E-state index in [4.69, 9.17) is 9.47 Å². The largest absolute Gasteiger partial charge is 0.507 e. The average molecular weight is 465 g/mol. The highest BCUT2D eigenvalue weighted by Crippen LogP contribution is 2.53. The highest BCUT2D eigenvalue weighted by atomic mass is 16.5. The molecule has 0 aliphatic carbocycles. The van der Waals surface area contributed by atoms with E-state index in [-0.39, 0.29) is 18.7 Å². The van der Waals surface area contributed by atoms with Gasteiger partial charge in [-0.05, 0) is 43.7 Å². The van der Waals surface area contributed by atoms with Crippen molar-refractivity contribution in [3.8, 4) is 5.75 Å². The lowest BCUT2D eigenvalue weighted by Crippen LogP contribution is -2.52. The van der Waals surface area contributed by atoms with Crippen LogP contribution in [-0.4, -0.2) is 61.0 Å². The molecule has 2 aromatic carbocycles. The summed E-state index contributed by atoms with van der Waals surface area (Å²) in [7, 11) is 1.48. The number of hydrogen-bond acceptors (Lipinski definition) is 6. The van der Waals surface area contributed by atoms with E-state index in [0.717, 1.165) is 0 Å². The molecule has 2 aromatic rings. The SMILES string of the molecule is CCCN1C(=O)C2(/C(=C(\O)c3ccc(OCC)cc3)C(=O)C(=O)N2CCOC)c2ccccc21. The minimum Gasteiger partial charge on any atom is -0.507 e. The smallest absolute Gasteiger partial charge is 0.296 e. The van der Waals surface area contributed by atoms with Crippen LogP contribution in [0.2, 0.25) is 0 Å². The molecule has 2 heterocycles. The van der Waals surface area contributed by atoms with Crippen LogP contribution in [0.25, 0.3) is 5.76 Å². The first-order chi connectivity index (χ1) is 16.4. The molecule has 1 spiro atoms. The zero-order valence-electron chi connectivity index (χ0n) is 19.5. The second-order valence-corrected chi connectivity index (χ2v) is 8.14. The van der Waals surface area contributed by atoms with Gasteiger partial charge >= 0.3 is 0 Å². The van der Waals surface area contributed by atoms with Gasteiger partial charge < -0.3 is 24.4 Å². The number of anilines is 1. The molecule has 1 atom stereocenters. The van der Waals surface area contributed by atoms with Crippen molar-refractivity contribution in [2.45, 2.75) is 25.8 Å². The van der Waals surface area contributed by atoms with E-state index >= 15 is 0 Å². The molecule has 2 amide bonds. The van der Waals surface area contributed by atoms with Crippen LogP contribution in [0, 0.1) is 0 Å². The second-order valence-electron chi connectivity index (χ2n) is 8.14. The Balaban J connectivity index is 1.99. The Labute approximate surface area is 198 Å². The molecule has 8 nitrogen and oxygen atoms in total. The number of amides is 2. The van der Waals surface area contributed by atoms with Crippen LogP contribution in [0.15, 0.2) is 54.1 Å². The number of aliphatic hydroxyl groups excluding tert-OH is 1. The number of nitrogens with zero attached hydrogens (tertiary/aromatic N) is 2. The number of carbonyl (C=O) groups is 3. The predicted molar refractivity (Wildman–Crippen MR) is 127 cm³/mol. The topological polar surface area (TPSA) is 96.4 Å². The van der Waals surface area contributed by atoms with Crippen LogP contribution in [-0.2, 0) is 24.7 Å². The third kappa shape index (κ3) is 3.37. The lowest BCUT2D eigenvalue weighted by Gasteiger charge is -2.34. The summed E-state index contributed by atoms with van der Waals surface area (Å²) in [5.74, 6) is -1.97. The number of methoxy groups -OCH3 is 1. The van der Waals surface area contributed by atoms with E-state index in [9.17, 15) is 19.5 Å². The number of likely N-dealkylation sites (tertiary alicyclic amines) is 1. The summed E-state index contributed by atoms with van der Waals surface area (Å²) in [5.41, 5.74) is -0.561. The van der Waals surface area contributed by atoms with Crippen LogP contribution < -0.4 is 9.64 Å². The minimum absolute atomic E-state index is 0.0151. The average Bonchev–Trinajstić information content (AvgIpc) is 3.22. The van der Waals surface area contributed by atoms with Crippen molar-refractivity contribution in [1.29, 1.82) is 0 Å². The highest BCUT2D eigenvalue weighted by molar-refractivity contribution is 6.50. The summed E-state index contributed by atoms with van der Waals surface area (Å²) in [4.78, 5) is 43.6. The molecular formula is C26H28N2O6. The summed E-state index contributed by atoms with van der Waals surface area (Å²) in [6.07, 6.45) is 0.681. The zero-order chi connectivity index (χ0) is 24.5. The number of ether oxygens (including phenoxy) is 2. The summed E-state index contributed by atoms with van der Waals surface area (Å²) in [6.45, 7) is 4.84. The van der Waals surface area contributed by atoms with Gasteiger partial charge in [0.05, 0.1) is 24.5 Å². The second kappa shape index (κ2) is 9.30. The molecule has 4 rings (SSSR count). The first-order valence-corrected chi connectivity index (χ1v) is 11.4. The molecule has 0 aromatic heterocycles. The van der Waals surface area contributed by atoms with E-state index in [1.165, 1.54) is 12.0 Å². The van der Waals surface area contributed by atoms with E-state index in [1.807, 2.05) is 19.9 Å². The third-order valence-electron chi connectivity index (χ3n) is 6.21. The monoisotopic (exact) mass is 464 g/mol. The molecule has 2 aliphatic rings. The molecule has 1 N–H and O–H groups in total. The van der Waals surface area contributed by atoms with E-state index in [2.05, 4.69) is 0 Å².